The van der Waals surface area contributed by atoms with Gasteiger partial charge in [-0.15, -0.1) is 0 Å². The molecule has 0 spiro atoms. The van der Waals surface area contributed by atoms with Crippen LogP contribution >= 0.6 is 0 Å². The van der Waals surface area contributed by atoms with Crippen LogP contribution in [0.2, 0.25) is 0 Å². The van der Waals surface area contributed by atoms with Crippen LogP contribution in [0.15, 0.2) is 121 Å². The van der Waals surface area contributed by atoms with Crippen LogP contribution in [-0.4, -0.2) is 191 Å². The van der Waals surface area contributed by atoms with Crippen LogP contribution in [0.25, 0.3) is 0 Å². The zero-order chi connectivity index (χ0) is 75.3. The third kappa shape index (κ3) is 47.4. The van der Waals surface area contributed by atoms with Gasteiger partial charge in [-0.2, -0.15) is 0 Å². The van der Waals surface area contributed by atoms with Crippen molar-refractivity contribution in [2.75, 3.05) is 109 Å². The van der Waals surface area contributed by atoms with Crippen molar-refractivity contribution in [1.82, 2.24) is 79.8 Å². The number of amides is 8. The minimum Gasteiger partial charge on any atom is -0.355 e. The Bertz CT molecular complexity index is 3250. The molecule has 0 bridgehead atoms. The fourth-order valence-electron chi connectivity index (χ4n) is 7.19. The zero-order valence-corrected chi connectivity index (χ0v) is 62.8. The zero-order valence-electron chi connectivity index (χ0n) is 60.0. The van der Waals surface area contributed by atoms with E-state index in [1.165, 1.54) is 41.5 Å². The van der Waals surface area contributed by atoms with Crippen LogP contribution in [0.3, 0.4) is 0 Å². The van der Waals surface area contributed by atoms with Crippen LogP contribution in [0.4, 0.5) is 0 Å². The maximum atomic E-state index is 11.8. The topological polar surface area (TPSA) is 419 Å². The number of ketones is 6. The predicted molar refractivity (Wildman–Crippen MR) is 388 cm³/mol. The van der Waals surface area contributed by atoms with E-state index in [2.05, 4.69) is 86.7 Å². The summed E-state index contributed by atoms with van der Waals surface area (Å²) in [5.41, 5.74) is 5.64. The molecule has 1 unspecified atom stereocenters. The summed E-state index contributed by atoms with van der Waals surface area (Å²) in [7, 11) is 13.9. The second-order valence-corrected chi connectivity index (χ2v) is 21.2. The van der Waals surface area contributed by atoms with E-state index in [1.807, 2.05) is 7.05 Å². The van der Waals surface area contributed by atoms with Crippen molar-refractivity contribution in [3.05, 3.63) is 177 Å². The Hall–Kier alpha value is -9.30. The first-order valence-corrected chi connectivity index (χ1v) is 31.2. The molecule has 29 nitrogen and oxygen atoms in total. The molecule has 1 radical (unpaired) electrons. The number of rotatable bonds is 30. The summed E-state index contributed by atoms with van der Waals surface area (Å²) in [6.07, 6.45) is -0.0522. The molecule has 5 aromatic carbocycles. The van der Waals surface area contributed by atoms with E-state index in [-0.39, 0.29) is 135 Å². The van der Waals surface area contributed by atoms with Gasteiger partial charge in [0.05, 0.1) is 52.9 Å². The molecule has 0 fully saturated rings. The maximum Gasteiger partial charge on any atom is 0.252 e. The minimum atomic E-state index is -0.234. The molecule has 0 aliphatic heterocycles. The molecule has 8 amide bonds. The summed E-state index contributed by atoms with van der Waals surface area (Å²) in [5.74, 6) is -1.29. The molecule has 0 saturated carbocycles. The molecule has 15 N–H and O–H groups in total. The summed E-state index contributed by atoms with van der Waals surface area (Å²) in [5, 5.41) is 40.8. The molecule has 101 heavy (non-hydrogen) atoms. The molecular formula is C71H105N15O14Y. The van der Waals surface area contributed by atoms with Gasteiger partial charge in [0.2, 0.25) is 11.8 Å². The van der Waals surface area contributed by atoms with Gasteiger partial charge >= 0.3 is 0 Å². The van der Waals surface area contributed by atoms with E-state index in [9.17, 15) is 67.1 Å². The largest absolute Gasteiger partial charge is 0.355 e. The fraction of sp³-hybridized carbons (Fsp3) is 0.380. The average molecular weight is 1480 g/mol. The van der Waals surface area contributed by atoms with E-state index < -0.39 is 0 Å². The summed E-state index contributed by atoms with van der Waals surface area (Å²) in [6.45, 7) is 14.8. The molecule has 30 heteroatoms. The second kappa shape index (κ2) is 59.6. The Morgan fingerprint density at radius 2 is 0.525 bits per heavy atom. The van der Waals surface area contributed by atoms with Crippen molar-refractivity contribution in [2.45, 2.75) is 68.7 Å². The number of carbonyl (C=O) groups is 14. The standard InChI is InChI=1S/C14H20N2O2.C11H15N3O2.3C11H14N2O2.2C6H12N2O2.CH4.Y/c1-10(8-15-3)9-16-14(18)13-6-4-12(5-7-13)11(2)17;1-12-7-14-11(16)9-5-3-8(4-6-9)10(15)13-2;2*1-8(14)9-3-5-10(6-4-9)11(15)13-7-12-2;1-8(14)9-4-3-5-10(6-9)11(15)13-7-12-2;2*1-5(9)3-6(10)8-4-7-2;;/h4-7,10,15H,8-9H2,1-3H3,(H,16,18);3-6,12H,7H2,1-2H3,(H,13,15)(H,14,16);3*3-6,12H,7H2,1-2H3,(H,13,15);2*7H,3-4H2,1-2H3,(H,8,10);1H4;. The summed E-state index contributed by atoms with van der Waals surface area (Å²) in [6, 6.07) is 33.0. The monoisotopic (exact) mass is 1480 g/mol. The second-order valence-electron chi connectivity index (χ2n) is 21.2. The molecule has 5 rings (SSSR count). The minimum absolute atomic E-state index is 0. The maximum absolute atomic E-state index is 11.8. The van der Waals surface area contributed by atoms with Crippen LogP contribution in [0.1, 0.15) is 172 Å². The molecule has 5 aromatic rings. The van der Waals surface area contributed by atoms with Crippen LogP contribution in [0, 0.1) is 5.92 Å². The molecule has 0 aliphatic rings. The number of nitrogens with one attached hydrogen (secondary N) is 15. The Morgan fingerprint density at radius 1 is 0.287 bits per heavy atom. The molecule has 1 atom stereocenters. The van der Waals surface area contributed by atoms with Gasteiger partial charge < -0.3 is 79.8 Å². The Kier molecular flexibility index (Phi) is 57.8. The van der Waals surface area contributed by atoms with Gasteiger partial charge in [-0.25, -0.2) is 0 Å². The van der Waals surface area contributed by atoms with Crippen molar-refractivity contribution in [2.24, 2.45) is 5.92 Å². The number of benzene rings is 5. The van der Waals surface area contributed by atoms with Crippen molar-refractivity contribution < 1.29 is 99.8 Å². The van der Waals surface area contributed by atoms with E-state index in [0.717, 1.165) is 6.54 Å². The Balaban J connectivity index is -0.000000546. The van der Waals surface area contributed by atoms with Gasteiger partial charge in [-0.3, -0.25) is 67.1 Å². The first-order chi connectivity index (χ1) is 47.0. The molecular weight excluding hydrogens is 1380 g/mol. The molecule has 0 aliphatic carbocycles. The van der Waals surface area contributed by atoms with Crippen LogP contribution in [-0.2, 0) is 51.9 Å². The molecule has 0 heterocycles. The summed E-state index contributed by atoms with van der Waals surface area (Å²) < 4.78 is 0. The average Bonchev–Trinajstić information content (AvgIpc) is 0.911. The number of hydrogen-bond acceptors (Lipinski definition) is 21. The van der Waals surface area contributed by atoms with Gasteiger partial charge in [0.1, 0.15) is 11.6 Å². The third-order valence-corrected chi connectivity index (χ3v) is 12.4. The fourth-order valence-corrected chi connectivity index (χ4v) is 7.19. The van der Waals surface area contributed by atoms with Crippen molar-refractivity contribution >= 4 is 82.0 Å². The molecule has 0 saturated heterocycles. The summed E-state index contributed by atoms with van der Waals surface area (Å²) >= 11 is 0. The first kappa shape index (κ1) is 98.1. The number of Topliss-reactive ketones (excluding diaryl/α,β-unsaturated/α-hetero) is 6. The smallest absolute Gasteiger partial charge is 0.252 e. The quantitative estimate of drug-likeness (QED) is 0.0178. The van der Waals surface area contributed by atoms with Gasteiger partial charge in [0, 0.05) is 102 Å². The van der Waals surface area contributed by atoms with E-state index in [0.29, 0.717) is 108 Å². The number of hydrogen-bond donors (Lipinski definition) is 15. The predicted octanol–water partition coefficient (Wildman–Crippen LogP) is 2.97. The number of carbonyl (C=O) groups excluding carboxylic acids is 14. The van der Waals surface area contributed by atoms with Crippen LogP contribution in [0.5, 0.6) is 0 Å². The van der Waals surface area contributed by atoms with Crippen LogP contribution < -0.4 is 79.8 Å². The van der Waals surface area contributed by atoms with E-state index >= 15 is 0 Å². The summed E-state index contributed by atoms with van der Waals surface area (Å²) in [4.78, 5) is 155. The Morgan fingerprint density at radius 3 is 0.772 bits per heavy atom. The van der Waals surface area contributed by atoms with Gasteiger partial charge in [0.25, 0.3) is 35.4 Å². The molecule has 0 aromatic heterocycles. The van der Waals surface area contributed by atoms with Crippen molar-refractivity contribution in [3.8, 4) is 0 Å². The van der Waals surface area contributed by atoms with Gasteiger partial charge in [-0.05, 0) is 176 Å². The molecule has 551 valence electrons. The SMILES string of the molecule is C.CNCC(C)CNC(=O)c1ccc(C(C)=O)cc1.CNCNC(=O)CC(C)=O.CNCNC(=O)CC(C)=O.CNCNC(=O)c1ccc(C(=O)NC)cc1.CNCNC(=O)c1ccc(C(C)=O)cc1.CNCNC(=O)c1ccc(C(C)=O)cc1.CNCNC(=O)c1cccc(C(C)=O)c1.[Y]. The third-order valence-electron chi connectivity index (χ3n) is 12.4. The van der Waals surface area contributed by atoms with Gasteiger partial charge in [0.15, 0.2) is 23.1 Å². The normalized spacial score (nSPS) is 9.77. The first-order valence-electron chi connectivity index (χ1n) is 31.2. The Labute approximate surface area is 619 Å². The van der Waals surface area contributed by atoms with Crippen molar-refractivity contribution in [1.29, 1.82) is 0 Å². The van der Waals surface area contributed by atoms with E-state index in [4.69, 9.17) is 0 Å². The van der Waals surface area contributed by atoms with Gasteiger partial charge in [-0.1, -0.05) is 62.9 Å². The van der Waals surface area contributed by atoms with Crippen molar-refractivity contribution in [3.63, 3.8) is 0 Å². The van der Waals surface area contributed by atoms with E-state index in [1.54, 1.807) is 171 Å².